The molecule has 1 aromatic heterocycles. The number of benzene rings is 2. The minimum atomic E-state index is -4.62. The molecule has 1 atom stereocenters. The summed E-state index contributed by atoms with van der Waals surface area (Å²) in [6.45, 7) is 6.72. The molecular formula is C26H29F3N4O2. The molecule has 2 aromatic carbocycles. The maximum atomic E-state index is 13.8. The Hall–Kier alpha value is -3.62. The summed E-state index contributed by atoms with van der Waals surface area (Å²) in [6, 6.07) is 13.9. The second kappa shape index (κ2) is 10.8. The predicted molar refractivity (Wildman–Crippen MR) is 127 cm³/mol. The zero-order valence-electron chi connectivity index (χ0n) is 20.1. The Kier molecular flexibility index (Phi) is 7.99. The lowest BCUT2D eigenvalue weighted by molar-refractivity contribution is -0.138. The molecule has 0 aliphatic carbocycles. The van der Waals surface area contributed by atoms with Crippen molar-refractivity contribution in [3.63, 3.8) is 0 Å². The summed E-state index contributed by atoms with van der Waals surface area (Å²) in [5.74, 6) is -1.14. The normalized spacial score (nSPS) is 12.5. The van der Waals surface area contributed by atoms with Gasteiger partial charge in [0.1, 0.15) is 6.04 Å². The molecule has 3 aromatic rings. The van der Waals surface area contributed by atoms with E-state index < -0.39 is 23.7 Å². The van der Waals surface area contributed by atoms with Crippen LogP contribution in [0.15, 0.2) is 54.6 Å². The number of aryl methyl sites for hydroxylation is 2. The van der Waals surface area contributed by atoms with Crippen LogP contribution in [0.1, 0.15) is 41.9 Å². The SMILES string of the molecule is Cc1cc(C)n(-c2ccc(CNC(=O)C(NC(=O)Cc3ccccc3)C(C)C)c(C(F)(F)F)c2)n1. The highest BCUT2D eigenvalue weighted by Crippen LogP contribution is 2.33. The van der Waals surface area contributed by atoms with E-state index in [4.69, 9.17) is 0 Å². The highest BCUT2D eigenvalue weighted by atomic mass is 19.4. The summed E-state index contributed by atoms with van der Waals surface area (Å²) in [6.07, 6.45) is -4.52. The minimum Gasteiger partial charge on any atom is -0.350 e. The number of carbonyl (C=O) groups is 2. The van der Waals surface area contributed by atoms with Crippen molar-refractivity contribution in [3.05, 3.63) is 82.7 Å². The Labute approximate surface area is 202 Å². The maximum absolute atomic E-state index is 13.8. The Morgan fingerprint density at radius 1 is 1.03 bits per heavy atom. The molecule has 1 heterocycles. The van der Waals surface area contributed by atoms with Crippen molar-refractivity contribution in [1.29, 1.82) is 0 Å². The van der Waals surface area contributed by atoms with Crippen molar-refractivity contribution < 1.29 is 22.8 Å². The Morgan fingerprint density at radius 3 is 2.29 bits per heavy atom. The van der Waals surface area contributed by atoms with Gasteiger partial charge in [-0.25, -0.2) is 4.68 Å². The molecule has 0 radical (unpaired) electrons. The number of aromatic nitrogens is 2. The number of nitrogens with one attached hydrogen (secondary N) is 2. The van der Waals surface area contributed by atoms with Crippen LogP contribution in [0.3, 0.4) is 0 Å². The molecule has 0 spiro atoms. The average Bonchev–Trinajstić information content (AvgIpc) is 3.13. The van der Waals surface area contributed by atoms with Gasteiger partial charge in [0.15, 0.2) is 0 Å². The zero-order valence-corrected chi connectivity index (χ0v) is 20.1. The highest BCUT2D eigenvalue weighted by molar-refractivity contribution is 5.88. The average molecular weight is 487 g/mol. The van der Waals surface area contributed by atoms with Crippen LogP contribution in [0.25, 0.3) is 5.69 Å². The molecule has 1 unspecified atom stereocenters. The Morgan fingerprint density at radius 2 is 1.71 bits per heavy atom. The second-order valence-corrected chi connectivity index (χ2v) is 8.85. The molecule has 0 saturated carbocycles. The molecule has 2 amide bonds. The van der Waals surface area contributed by atoms with E-state index in [1.54, 1.807) is 45.9 Å². The van der Waals surface area contributed by atoms with E-state index in [9.17, 15) is 22.8 Å². The lowest BCUT2D eigenvalue weighted by atomic mass is 10.0. The van der Waals surface area contributed by atoms with E-state index in [1.165, 1.54) is 16.8 Å². The van der Waals surface area contributed by atoms with Gasteiger partial charge in [-0.3, -0.25) is 9.59 Å². The van der Waals surface area contributed by atoms with Crippen LogP contribution in [0.4, 0.5) is 13.2 Å². The molecule has 2 N–H and O–H groups in total. The van der Waals surface area contributed by atoms with E-state index in [2.05, 4.69) is 15.7 Å². The fourth-order valence-corrected chi connectivity index (χ4v) is 3.84. The first-order chi connectivity index (χ1) is 16.5. The summed E-state index contributed by atoms with van der Waals surface area (Å²) >= 11 is 0. The molecule has 35 heavy (non-hydrogen) atoms. The third-order valence-electron chi connectivity index (χ3n) is 5.58. The van der Waals surface area contributed by atoms with Gasteiger partial charge in [-0.15, -0.1) is 0 Å². The number of halogens is 3. The van der Waals surface area contributed by atoms with Crippen molar-refractivity contribution in [1.82, 2.24) is 20.4 Å². The van der Waals surface area contributed by atoms with Gasteiger partial charge in [0, 0.05) is 12.2 Å². The van der Waals surface area contributed by atoms with Crippen molar-refractivity contribution in [2.45, 2.75) is 52.9 Å². The molecule has 0 fully saturated rings. The number of alkyl halides is 3. The number of hydrogen-bond acceptors (Lipinski definition) is 3. The second-order valence-electron chi connectivity index (χ2n) is 8.85. The fraction of sp³-hybridized carbons (Fsp3) is 0.346. The molecular weight excluding hydrogens is 457 g/mol. The van der Waals surface area contributed by atoms with Crippen LogP contribution >= 0.6 is 0 Å². The van der Waals surface area contributed by atoms with Gasteiger partial charge in [0.25, 0.3) is 0 Å². The third kappa shape index (κ3) is 6.71. The zero-order chi connectivity index (χ0) is 25.8. The van der Waals surface area contributed by atoms with E-state index in [0.717, 1.165) is 11.6 Å². The molecule has 0 aliphatic heterocycles. The standard InChI is InChI=1S/C26H29F3N4O2/c1-16(2)24(31-23(34)13-19-8-6-5-7-9-19)25(35)30-15-20-10-11-21(14-22(20)26(27,28)29)33-18(4)12-17(3)32-33/h5-12,14,16,24H,13,15H2,1-4H3,(H,30,35)(H,31,34). The van der Waals surface area contributed by atoms with Crippen LogP contribution in [-0.2, 0) is 28.7 Å². The van der Waals surface area contributed by atoms with Crippen molar-refractivity contribution in [3.8, 4) is 5.69 Å². The first-order valence-corrected chi connectivity index (χ1v) is 11.3. The van der Waals surface area contributed by atoms with Gasteiger partial charge in [0.05, 0.1) is 23.4 Å². The largest absolute Gasteiger partial charge is 0.416 e. The van der Waals surface area contributed by atoms with Crippen molar-refractivity contribution in [2.24, 2.45) is 5.92 Å². The number of rotatable bonds is 8. The quantitative estimate of drug-likeness (QED) is 0.492. The summed E-state index contributed by atoms with van der Waals surface area (Å²) < 4.78 is 43.0. The summed E-state index contributed by atoms with van der Waals surface area (Å²) in [7, 11) is 0. The monoisotopic (exact) mass is 486 g/mol. The molecule has 186 valence electrons. The first kappa shape index (κ1) is 26.0. The molecule has 3 rings (SSSR count). The van der Waals surface area contributed by atoms with Gasteiger partial charge in [-0.1, -0.05) is 50.2 Å². The van der Waals surface area contributed by atoms with Crippen LogP contribution in [0.5, 0.6) is 0 Å². The van der Waals surface area contributed by atoms with E-state index >= 15 is 0 Å². The fourth-order valence-electron chi connectivity index (χ4n) is 3.84. The van der Waals surface area contributed by atoms with Crippen LogP contribution in [0, 0.1) is 19.8 Å². The maximum Gasteiger partial charge on any atom is 0.416 e. The lowest BCUT2D eigenvalue weighted by Crippen LogP contribution is -2.50. The predicted octanol–water partition coefficient (Wildman–Crippen LogP) is 4.51. The highest BCUT2D eigenvalue weighted by Gasteiger charge is 2.34. The summed E-state index contributed by atoms with van der Waals surface area (Å²) in [5, 5.41) is 9.51. The first-order valence-electron chi connectivity index (χ1n) is 11.3. The van der Waals surface area contributed by atoms with Crippen LogP contribution < -0.4 is 10.6 Å². The molecule has 0 saturated heterocycles. The van der Waals surface area contributed by atoms with E-state index in [1.807, 2.05) is 18.2 Å². The van der Waals surface area contributed by atoms with Crippen LogP contribution in [0.2, 0.25) is 0 Å². The van der Waals surface area contributed by atoms with Gasteiger partial charge in [-0.2, -0.15) is 18.3 Å². The van der Waals surface area contributed by atoms with Gasteiger partial charge < -0.3 is 10.6 Å². The summed E-state index contributed by atoms with van der Waals surface area (Å²) in [5.41, 5.74) is 1.56. The molecule has 9 heteroatoms. The minimum absolute atomic E-state index is 0.0748. The summed E-state index contributed by atoms with van der Waals surface area (Å²) in [4.78, 5) is 25.3. The van der Waals surface area contributed by atoms with Crippen molar-refractivity contribution >= 4 is 11.8 Å². The van der Waals surface area contributed by atoms with E-state index in [0.29, 0.717) is 11.4 Å². The number of carbonyl (C=O) groups excluding carboxylic acids is 2. The topological polar surface area (TPSA) is 76.0 Å². The van der Waals surface area contributed by atoms with Gasteiger partial charge >= 0.3 is 6.18 Å². The Balaban J connectivity index is 1.74. The number of hydrogen-bond donors (Lipinski definition) is 2. The van der Waals surface area contributed by atoms with Crippen LogP contribution in [-0.4, -0.2) is 27.6 Å². The molecule has 0 aliphatic rings. The smallest absolute Gasteiger partial charge is 0.350 e. The Bertz CT molecular complexity index is 1190. The van der Waals surface area contributed by atoms with Gasteiger partial charge in [-0.05, 0) is 49.1 Å². The van der Waals surface area contributed by atoms with E-state index in [-0.39, 0.29) is 36.0 Å². The number of amides is 2. The van der Waals surface area contributed by atoms with Gasteiger partial charge in [0.2, 0.25) is 11.8 Å². The number of nitrogens with zero attached hydrogens (tertiary/aromatic N) is 2. The van der Waals surface area contributed by atoms with Crippen molar-refractivity contribution in [2.75, 3.05) is 0 Å². The molecule has 6 nitrogen and oxygen atoms in total. The third-order valence-corrected chi connectivity index (χ3v) is 5.58. The molecule has 0 bridgehead atoms. The lowest BCUT2D eigenvalue weighted by Gasteiger charge is -2.22.